The first-order valence-electron chi connectivity index (χ1n) is 2.02. The molecule has 0 N–H and O–H groups in total. The third-order valence-corrected chi connectivity index (χ3v) is 1.42. The minimum atomic E-state index is -1.25. The summed E-state index contributed by atoms with van der Waals surface area (Å²) >= 11 is 5.37. The van der Waals surface area contributed by atoms with Gasteiger partial charge >= 0.3 is 0 Å². The SMILES string of the molecule is CCS/C(F)=C(\F)Cl. The molecular formula is C4H5ClF2S. The van der Waals surface area contributed by atoms with Crippen molar-refractivity contribution in [2.75, 3.05) is 5.75 Å². The molecule has 0 atom stereocenters. The molecule has 0 radical (unpaired) electrons. The standard InChI is InChI=1S/C4H5ClF2S/c1-2-8-4(7)3(5)6/h2H2,1H3/b4-3-. The first-order valence-corrected chi connectivity index (χ1v) is 3.38. The average molecular weight is 159 g/mol. The second-order valence-electron chi connectivity index (χ2n) is 0.967. The molecule has 0 heterocycles. The van der Waals surface area contributed by atoms with Crippen molar-refractivity contribution in [3.8, 4) is 0 Å². The number of halogens is 3. The molecule has 0 saturated heterocycles. The molecule has 0 spiro atoms. The van der Waals surface area contributed by atoms with Crippen molar-refractivity contribution < 1.29 is 8.78 Å². The van der Waals surface area contributed by atoms with Crippen LogP contribution in [0, 0.1) is 0 Å². The van der Waals surface area contributed by atoms with Crippen molar-refractivity contribution in [2.45, 2.75) is 6.92 Å². The highest BCUT2D eigenvalue weighted by Crippen LogP contribution is 2.23. The highest BCUT2D eigenvalue weighted by molar-refractivity contribution is 8.02. The fourth-order valence-corrected chi connectivity index (χ4v) is 0.707. The second kappa shape index (κ2) is 4.15. The lowest BCUT2D eigenvalue weighted by Crippen LogP contribution is -1.67. The Morgan fingerprint density at radius 2 is 2.12 bits per heavy atom. The van der Waals surface area contributed by atoms with Crippen molar-refractivity contribution in [2.24, 2.45) is 0 Å². The van der Waals surface area contributed by atoms with Crippen LogP contribution in [-0.2, 0) is 0 Å². The maximum atomic E-state index is 11.9. The van der Waals surface area contributed by atoms with Crippen LogP contribution in [0.25, 0.3) is 0 Å². The summed E-state index contributed by atoms with van der Waals surface area (Å²) in [5, 5.41) is -2.19. The van der Waals surface area contributed by atoms with E-state index in [0.29, 0.717) is 5.75 Å². The van der Waals surface area contributed by atoms with Crippen LogP contribution in [0.1, 0.15) is 6.92 Å². The van der Waals surface area contributed by atoms with E-state index in [9.17, 15) is 8.78 Å². The Labute approximate surface area is 55.9 Å². The van der Waals surface area contributed by atoms with Crippen molar-refractivity contribution in [1.82, 2.24) is 0 Å². The fraction of sp³-hybridized carbons (Fsp3) is 0.500. The van der Waals surface area contributed by atoms with Crippen LogP contribution in [0.15, 0.2) is 10.4 Å². The predicted octanol–water partition coefficient (Wildman–Crippen LogP) is 3.04. The van der Waals surface area contributed by atoms with Crippen LogP contribution >= 0.6 is 23.4 Å². The van der Waals surface area contributed by atoms with E-state index >= 15 is 0 Å². The Morgan fingerprint density at radius 3 is 2.25 bits per heavy atom. The molecule has 0 nitrogen and oxygen atoms in total. The maximum Gasteiger partial charge on any atom is 0.231 e. The van der Waals surface area contributed by atoms with E-state index in [-0.39, 0.29) is 0 Å². The van der Waals surface area contributed by atoms with Gasteiger partial charge in [-0.05, 0) is 17.4 Å². The molecule has 0 amide bonds. The van der Waals surface area contributed by atoms with E-state index in [2.05, 4.69) is 11.6 Å². The normalized spacial score (nSPS) is 13.5. The zero-order valence-corrected chi connectivity index (χ0v) is 5.82. The summed E-state index contributed by atoms with van der Waals surface area (Å²) < 4.78 is 23.4. The van der Waals surface area contributed by atoms with Gasteiger partial charge in [-0.3, -0.25) is 0 Å². The summed E-state index contributed by atoms with van der Waals surface area (Å²) in [5.74, 6) is 0.492. The molecule has 0 aliphatic carbocycles. The molecule has 4 heteroatoms. The molecule has 0 unspecified atom stereocenters. The van der Waals surface area contributed by atoms with Crippen LogP contribution in [0.5, 0.6) is 0 Å². The van der Waals surface area contributed by atoms with Crippen LogP contribution < -0.4 is 0 Å². The molecule has 0 rings (SSSR count). The summed E-state index contributed by atoms with van der Waals surface area (Å²) in [4.78, 5) is 0. The van der Waals surface area contributed by atoms with E-state index < -0.39 is 10.4 Å². The van der Waals surface area contributed by atoms with E-state index in [1.165, 1.54) is 0 Å². The van der Waals surface area contributed by atoms with Crippen molar-refractivity contribution in [1.29, 1.82) is 0 Å². The predicted molar refractivity (Wildman–Crippen MR) is 33.2 cm³/mol. The smallest absolute Gasteiger partial charge is 0.195 e. The fourth-order valence-electron chi connectivity index (χ4n) is 0.181. The maximum absolute atomic E-state index is 11.9. The van der Waals surface area contributed by atoms with Gasteiger partial charge in [0.05, 0.1) is 0 Å². The molecule has 0 aromatic rings. The van der Waals surface area contributed by atoms with Crippen molar-refractivity contribution in [3.05, 3.63) is 10.4 Å². The first-order chi connectivity index (χ1) is 3.68. The summed E-state index contributed by atoms with van der Waals surface area (Å²) in [7, 11) is 0. The Kier molecular flexibility index (Phi) is 4.28. The van der Waals surface area contributed by atoms with Gasteiger partial charge in [0.25, 0.3) is 0 Å². The highest BCUT2D eigenvalue weighted by Gasteiger charge is 1.99. The topological polar surface area (TPSA) is 0 Å². The summed E-state index contributed by atoms with van der Waals surface area (Å²) in [6.07, 6.45) is 0. The van der Waals surface area contributed by atoms with Crippen LogP contribution in [0.4, 0.5) is 8.78 Å². The lowest BCUT2D eigenvalue weighted by molar-refractivity contribution is 0.613. The summed E-state index contributed by atoms with van der Waals surface area (Å²) in [6, 6.07) is 0. The first kappa shape index (κ1) is 8.24. The minimum Gasteiger partial charge on any atom is -0.195 e. The lowest BCUT2D eigenvalue weighted by Gasteiger charge is -1.88. The zero-order chi connectivity index (χ0) is 6.57. The van der Waals surface area contributed by atoms with Gasteiger partial charge in [-0.2, -0.15) is 8.78 Å². The van der Waals surface area contributed by atoms with E-state index in [1.54, 1.807) is 6.92 Å². The van der Waals surface area contributed by atoms with Gasteiger partial charge < -0.3 is 0 Å². The molecule has 0 fully saturated rings. The minimum absolute atomic E-state index is 0.492. The van der Waals surface area contributed by atoms with Gasteiger partial charge in [-0.15, -0.1) is 0 Å². The number of rotatable bonds is 2. The zero-order valence-electron chi connectivity index (χ0n) is 4.25. The van der Waals surface area contributed by atoms with Gasteiger partial charge in [0, 0.05) is 0 Å². The van der Waals surface area contributed by atoms with E-state index in [4.69, 9.17) is 0 Å². The van der Waals surface area contributed by atoms with Gasteiger partial charge in [0.15, 0.2) is 0 Å². The molecule has 8 heavy (non-hydrogen) atoms. The largest absolute Gasteiger partial charge is 0.231 e. The Bertz CT molecular complexity index is 98.2. The van der Waals surface area contributed by atoms with Crippen molar-refractivity contribution >= 4 is 23.4 Å². The summed E-state index contributed by atoms with van der Waals surface area (Å²) in [6.45, 7) is 1.71. The second-order valence-corrected chi connectivity index (χ2v) is 2.52. The molecule has 0 saturated carbocycles. The van der Waals surface area contributed by atoms with Crippen LogP contribution in [-0.4, -0.2) is 5.75 Å². The average Bonchev–Trinajstić information content (AvgIpc) is 1.67. The molecular weight excluding hydrogens is 154 g/mol. The molecule has 0 aromatic carbocycles. The van der Waals surface area contributed by atoms with E-state index in [0.717, 1.165) is 11.8 Å². The number of hydrogen-bond acceptors (Lipinski definition) is 1. The Balaban J connectivity index is 3.62. The van der Waals surface area contributed by atoms with Crippen molar-refractivity contribution in [3.63, 3.8) is 0 Å². The number of hydrogen-bond donors (Lipinski definition) is 0. The molecule has 0 bridgehead atoms. The van der Waals surface area contributed by atoms with Gasteiger partial charge in [0.1, 0.15) is 0 Å². The third kappa shape index (κ3) is 3.27. The Hall–Kier alpha value is 0.240. The van der Waals surface area contributed by atoms with Gasteiger partial charge in [-0.1, -0.05) is 18.7 Å². The third-order valence-electron chi connectivity index (χ3n) is 0.420. The highest BCUT2D eigenvalue weighted by atomic mass is 35.5. The molecule has 0 aromatic heterocycles. The van der Waals surface area contributed by atoms with E-state index in [1.807, 2.05) is 0 Å². The molecule has 0 aliphatic rings. The summed E-state index contributed by atoms with van der Waals surface area (Å²) in [5.41, 5.74) is 0. The molecule has 0 aliphatic heterocycles. The Morgan fingerprint density at radius 1 is 1.62 bits per heavy atom. The van der Waals surface area contributed by atoms with Crippen LogP contribution in [0.2, 0.25) is 0 Å². The number of thioether (sulfide) groups is 1. The van der Waals surface area contributed by atoms with Gasteiger partial charge in [0.2, 0.25) is 10.4 Å². The monoisotopic (exact) mass is 158 g/mol. The lowest BCUT2D eigenvalue weighted by atomic mass is 11.0. The van der Waals surface area contributed by atoms with Gasteiger partial charge in [-0.25, -0.2) is 0 Å². The molecule has 48 valence electrons. The quantitative estimate of drug-likeness (QED) is 0.595. The van der Waals surface area contributed by atoms with Crippen LogP contribution in [0.3, 0.4) is 0 Å².